The number of isothiocyanates is 1. The largest absolute Gasteiger partial charge is 0.204 e. The number of unbranched alkanes of at least 4 members (excludes halogenated alkanes) is 2. The predicted octanol–water partition coefficient (Wildman–Crippen LogP) is 10.0. The summed E-state index contributed by atoms with van der Waals surface area (Å²) in [6.45, 7) is 2.29. The van der Waals surface area contributed by atoms with E-state index < -0.39 is 11.6 Å². The van der Waals surface area contributed by atoms with Crippen LogP contribution in [0.2, 0.25) is 0 Å². The molecule has 2 aromatic carbocycles. The molecule has 1 nitrogen and oxygen atoms in total. The van der Waals surface area contributed by atoms with Gasteiger partial charge < -0.3 is 0 Å². The van der Waals surface area contributed by atoms with Crippen molar-refractivity contribution < 1.29 is 8.78 Å². The molecule has 2 saturated carbocycles. The first-order chi connectivity index (χ1) is 16.6. The molecule has 4 rings (SSSR count). The van der Waals surface area contributed by atoms with Crippen molar-refractivity contribution in [1.82, 2.24) is 0 Å². The van der Waals surface area contributed by atoms with Gasteiger partial charge in [0.05, 0.1) is 5.16 Å². The van der Waals surface area contributed by atoms with Gasteiger partial charge in [-0.25, -0.2) is 8.78 Å². The minimum atomic E-state index is -0.718. The van der Waals surface area contributed by atoms with Crippen LogP contribution in [0.15, 0.2) is 41.4 Å². The minimum Gasteiger partial charge on any atom is -0.204 e. The summed E-state index contributed by atoms with van der Waals surface area (Å²) in [6.07, 6.45) is 16.6. The molecular weight excluding hydrogens is 444 g/mol. The van der Waals surface area contributed by atoms with E-state index in [9.17, 15) is 8.78 Å². The van der Waals surface area contributed by atoms with Gasteiger partial charge in [-0.3, -0.25) is 0 Å². The standard InChI is InChI=1S/C30H37F2NS/c1-2-3-4-5-21-6-8-22(9-7-21)23-10-12-24(13-11-23)25-14-16-26(17-15-25)27-18-28(31)30(33-20-34)29(32)19-27/h14-19,21-24H,2-13H2,1H3. The van der Waals surface area contributed by atoms with Crippen molar-refractivity contribution in [1.29, 1.82) is 0 Å². The SMILES string of the molecule is CCCCCC1CCC(C2CCC(c3ccc(-c4cc(F)c(N=C=S)c(F)c4)cc3)CC2)CC1. The lowest BCUT2D eigenvalue weighted by Gasteiger charge is -2.38. The Kier molecular flexibility index (Phi) is 9.03. The molecule has 4 heteroatoms. The van der Waals surface area contributed by atoms with Crippen LogP contribution < -0.4 is 0 Å². The first-order valence-electron chi connectivity index (χ1n) is 13.3. The number of hydrogen-bond donors (Lipinski definition) is 0. The number of aliphatic imine (C=N–C) groups is 1. The summed E-state index contributed by atoms with van der Waals surface area (Å²) in [6, 6.07) is 10.9. The Morgan fingerprint density at radius 3 is 1.97 bits per heavy atom. The summed E-state index contributed by atoms with van der Waals surface area (Å²) in [5.74, 6) is 2.01. The fourth-order valence-corrected chi connectivity index (χ4v) is 6.48. The maximum absolute atomic E-state index is 14.2. The Hall–Kier alpha value is -1.90. The van der Waals surface area contributed by atoms with E-state index in [1.54, 1.807) is 0 Å². The van der Waals surface area contributed by atoms with Crippen molar-refractivity contribution in [3.8, 4) is 11.1 Å². The van der Waals surface area contributed by atoms with Gasteiger partial charge in [0.2, 0.25) is 0 Å². The lowest BCUT2D eigenvalue weighted by atomic mass is 9.68. The predicted molar refractivity (Wildman–Crippen MR) is 141 cm³/mol. The molecule has 2 aliphatic carbocycles. The molecule has 2 fully saturated rings. The molecule has 0 amide bonds. The number of rotatable bonds is 8. The number of nitrogens with zero attached hydrogens (tertiary/aromatic N) is 1. The highest BCUT2D eigenvalue weighted by molar-refractivity contribution is 7.78. The van der Waals surface area contributed by atoms with E-state index in [0.717, 1.165) is 23.3 Å². The third-order valence-electron chi connectivity index (χ3n) is 8.44. The van der Waals surface area contributed by atoms with Gasteiger partial charge in [0.15, 0.2) is 11.6 Å². The summed E-state index contributed by atoms with van der Waals surface area (Å²) in [7, 11) is 0. The molecule has 0 N–H and O–H groups in total. The van der Waals surface area contributed by atoms with Crippen LogP contribution in [0.4, 0.5) is 14.5 Å². The second-order valence-corrected chi connectivity index (χ2v) is 10.7. The fourth-order valence-electron chi connectivity index (χ4n) is 6.39. The molecule has 0 spiro atoms. The van der Waals surface area contributed by atoms with Crippen LogP contribution in [-0.4, -0.2) is 5.16 Å². The molecule has 0 atom stereocenters. The quantitative estimate of drug-likeness (QED) is 0.207. The number of benzene rings is 2. The molecule has 0 aliphatic heterocycles. The molecule has 0 heterocycles. The first-order valence-corrected chi connectivity index (χ1v) is 13.7. The van der Waals surface area contributed by atoms with E-state index in [1.807, 2.05) is 17.3 Å². The van der Waals surface area contributed by atoms with Crippen LogP contribution in [0.5, 0.6) is 0 Å². The molecule has 2 aromatic rings. The van der Waals surface area contributed by atoms with Crippen LogP contribution in [0, 0.1) is 29.4 Å². The fraction of sp³-hybridized carbons (Fsp3) is 0.567. The molecule has 0 aromatic heterocycles. The zero-order valence-corrected chi connectivity index (χ0v) is 21.2. The summed E-state index contributed by atoms with van der Waals surface area (Å²) in [5, 5.41) is 2.03. The lowest BCUT2D eigenvalue weighted by Crippen LogP contribution is -2.25. The Bertz CT molecular complexity index is 956. The Morgan fingerprint density at radius 2 is 1.41 bits per heavy atom. The van der Waals surface area contributed by atoms with Crippen LogP contribution in [-0.2, 0) is 0 Å². The Balaban J connectivity index is 1.30. The smallest absolute Gasteiger partial charge is 0.153 e. The highest BCUT2D eigenvalue weighted by atomic mass is 32.1. The van der Waals surface area contributed by atoms with Crippen LogP contribution >= 0.6 is 12.2 Å². The topological polar surface area (TPSA) is 12.4 Å². The number of thiocarbonyl (C=S) groups is 1. The van der Waals surface area contributed by atoms with E-state index in [0.29, 0.717) is 11.5 Å². The van der Waals surface area contributed by atoms with Crippen LogP contribution in [0.1, 0.15) is 95.5 Å². The van der Waals surface area contributed by atoms with Crippen molar-refractivity contribution in [2.24, 2.45) is 22.7 Å². The van der Waals surface area contributed by atoms with Crippen LogP contribution in [0.25, 0.3) is 11.1 Å². The van der Waals surface area contributed by atoms with Crippen molar-refractivity contribution in [2.75, 3.05) is 0 Å². The summed E-state index contributed by atoms with van der Waals surface area (Å²) in [5.41, 5.74) is 2.30. The van der Waals surface area contributed by atoms with Crippen molar-refractivity contribution >= 4 is 23.1 Å². The molecule has 34 heavy (non-hydrogen) atoms. The van der Waals surface area contributed by atoms with Crippen LogP contribution in [0.3, 0.4) is 0 Å². The van der Waals surface area contributed by atoms with E-state index in [4.69, 9.17) is 0 Å². The summed E-state index contributed by atoms with van der Waals surface area (Å²) < 4.78 is 28.4. The van der Waals surface area contributed by atoms with E-state index in [-0.39, 0.29) is 5.69 Å². The Labute approximate surface area is 209 Å². The third-order valence-corrected chi connectivity index (χ3v) is 8.53. The molecule has 0 radical (unpaired) electrons. The normalized spacial score (nSPS) is 25.0. The monoisotopic (exact) mass is 481 g/mol. The Morgan fingerprint density at radius 1 is 0.824 bits per heavy atom. The van der Waals surface area contributed by atoms with Gasteiger partial charge in [-0.2, -0.15) is 4.99 Å². The maximum Gasteiger partial charge on any atom is 0.153 e. The maximum atomic E-state index is 14.2. The number of halogens is 2. The zero-order chi connectivity index (χ0) is 23.9. The van der Waals surface area contributed by atoms with Gasteiger partial charge in [-0.15, -0.1) is 0 Å². The van der Waals surface area contributed by atoms with Crippen molar-refractivity contribution in [2.45, 2.75) is 89.9 Å². The molecule has 0 bridgehead atoms. The molecule has 0 saturated heterocycles. The van der Waals surface area contributed by atoms with Gasteiger partial charge in [0, 0.05) is 0 Å². The van der Waals surface area contributed by atoms with Gasteiger partial charge in [0.25, 0.3) is 0 Å². The second-order valence-electron chi connectivity index (χ2n) is 10.5. The minimum absolute atomic E-state index is 0.378. The summed E-state index contributed by atoms with van der Waals surface area (Å²) >= 11 is 4.47. The van der Waals surface area contributed by atoms with Gasteiger partial charge >= 0.3 is 0 Å². The lowest BCUT2D eigenvalue weighted by molar-refractivity contribution is 0.155. The van der Waals surface area contributed by atoms with E-state index in [1.165, 1.54) is 94.7 Å². The second kappa shape index (κ2) is 12.2. The van der Waals surface area contributed by atoms with Crippen molar-refractivity contribution in [3.05, 3.63) is 53.6 Å². The van der Waals surface area contributed by atoms with Crippen molar-refractivity contribution in [3.63, 3.8) is 0 Å². The molecular formula is C30H37F2NS. The highest BCUT2D eigenvalue weighted by Gasteiger charge is 2.31. The molecule has 0 unspecified atom stereocenters. The van der Waals surface area contributed by atoms with E-state index in [2.05, 4.69) is 36.3 Å². The zero-order valence-electron chi connectivity index (χ0n) is 20.4. The summed E-state index contributed by atoms with van der Waals surface area (Å²) in [4.78, 5) is 3.49. The third kappa shape index (κ3) is 6.20. The van der Waals surface area contributed by atoms with Gasteiger partial charge in [0.1, 0.15) is 5.69 Å². The van der Waals surface area contributed by atoms with Gasteiger partial charge in [-0.1, -0.05) is 69.7 Å². The highest BCUT2D eigenvalue weighted by Crippen LogP contribution is 2.44. The molecule has 182 valence electrons. The first kappa shape index (κ1) is 25.2. The molecule has 2 aliphatic rings. The number of hydrogen-bond acceptors (Lipinski definition) is 2. The average molecular weight is 482 g/mol. The van der Waals surface area contributed by atoms with E-state index >= 15 is 0 Å². The van der Waals surface area contributed by atoms with Gasteiger partial charge in [-0.05, 0) is 103 Å². The average Bonchev–Trinajstić information content (AvgIpc) is 2.87.